The number of aryl methyl sites for hydroxylation is 1. The van der Waals surface area contributed by atoms with Crippen molar-refractivity contribution in [1.82, 2.24) is 20.7 Å². The second-order valence-corrected chi connectivity index (χ2v) is 9.01. The minimum Gasteiger partial charge on any atom is -0.489 e. The lowest BCUT2D eigenvalue weighted by molar-refractivity contribution is -0.130. The first-order valence-electron chi connectivity index (χ1n) is 12.0. The minimum atomic E-state index is -0.433. The number of hydrogen-bond acceptors (Lipinski definition) is 6. The van der Waals surface area contributed by atoms with Gasteiger partial charge in [-0.25, -0.2) is 5.48 Å². The van der Waals surface area contributed by atoms with Gasteiger partial charge >= 0.3 is 0 Å². The molecule has 0 aliphatic carbocycles. The number of benzene rings is 2. The molecule has 8 nitrogen and oxygen atoms in total. The van der Waals surface area contributed by atoms with Crippen LogP contribution in [0.4, 0.5) is 0 Å². The summed E-state index contributed by atoms with van der Waals surface area (Å²) < 4.78 is 6.01. The van der Waals surface area contributed by atoms with Gasteiger partial charge in [-0.2, -0.15) is 0 Å². The van der Waals surface area contributed by atoms with Crippen molar-refractivity contribution in [3.63, 3.8) is 0 Å². The van der Waals surface area contributed by atoms with Crippen LogP contribution in [0, 0.1) is 12.8 Å². The third-order valence-electron chi connectivity index (χ3n) is 6.62. The molecule has 8 heteroatoms. The summed E-state index contributed by atoms with van der Waals surface area (Å²) in [5.41, 5.74) is 5.17. The summed E-state index contributed by atoms with van der Waals surface area (Å²) in [6.45, 7) is 6.86. The number of aromatic nitrogens is 1. The molecule has 1 aliphatic rings. The van der Waals surface area contributed by atoms with Crippen LogP contribution in [0.15, 0.2) is 54.6 Å². The van der Waals surface area contributed by atoms with Crippen LogP contribution in [0.2, 0.25) is 0 Å². The van der Waals surface area contributed by atoms with Crippen LogP contribution in [0.3, 0.4) is 0 Å². The van der Waals surface area contributed by atoms with Crippen molar-refractivity contribution in [1.29, 1.82) is 0 Å². The van der Waals surface area contributed by atoms with E-state index in [9.17, 15) is 9.59 Å². The van der Waals surface area contributed by atoms with Gasteiger partial charge in [0.1, 0.15) is 12.4 Å². The minimum absolute atomic E-state index is 0.0323. The Labute approximate surface area is 205 Å². The second kappa shape index (κ2) is 11.3. The van der Waals surface area contributed by atoms with Crippen molar-refractivity contribution in [2.45, 2.75) is 39.3 Å². The summed E-state index contributed by atoms with van der Waals surface area (Å²) in [6, 6.07) is 16.9. The average Bonchev–Trinajstić information content (AvgIpc) is 2.88. The number of amides is 2. The highest BCUT2D eigenvalue weighted by Crippen LogP contribution is 2.23. The molecule has 1 fully saturated rings. The molecule has 0 radical (unpaired) electrons. The van der Waals surface area contributed by atoms with E-state index in [4.69, 9.17) is 9.94 Å². The predicted molar refractivity (Wildman–Crippen MR) is 133 cm³/mol. The predicted octanol–water partition coefficient (Wildman–Crippen LogP) is 3.46. The SMILES string of the molecule is CCN1CC[C@@H](CC(=O)NO)[C@H](NC(=O)c2ccc(OCc3cc(C)nc4ccccc34)cc2)C1. The number of ether oxygens (including phenoxy) is 1. The molecule has 0 bridgehead atoms. The Balaban J connectivity index is 1.40. The Hall–Kier alpha value is -3.49. The van der Waals surface area contributed by atoms with E-state index < -0.39 is 5.91 Å². The van der Waals surface area contributed by atoms with E-state index in [1.54, 1.807) is 29.7 Å². The smallest absolute Gasteiger partial charge is 0.251 e. The molecule has 0 saturated carbocycles. The molecule has 4 rings (SSSR count). The zero-order chi connectivity index (χ0) is 24.8. The number of piperidine rings is 1. The van der Waals surface area contributed by atoms with Crippen molar-refractivity contribution in [3.05, 3.63) is 71.4 Å². The van der Waals surface area contributed by atoms with E-state index in [1.165, 1.54) is 0 Å². The number of pyridine rings is 1. The van der Waals surface area contributed by atoms with Gasteiger partial charge in [-0.3, -0.25) is 19.8 Å². The van der Waals surface area contributed by atoms with E-state index >= 15 is 0 Å². The van der Waals surface area contributed by atoms with Crippen LogP contribution in [-0.4, -0.2) is 52.6 Å². The van der Waals surface area contributed by atoms with Crippen molar-refractivity contribution >= 4 is 22.7 Å². The largest absolute Gasteiger partial charge is 0.489 e. The van der Waals surface area contributed by atoms with Crippen LogP contribution < -0.4 is 15.5 Å². The maximum Gasteiger partial charge on any atom is 0.251 e. The quantitative estimate of drug-likeness (QED) is 0.340. The highest BCUT2D eigenvalue weighted by atomic mass is 16.5. The van der Waals surface area contributed by atoms with Gasteiger partial charge in [0, 0.05) is 41.2 Å². The molecule has 1 aromatic heterocycles. The van der Waals surface area contributed by atoms with Crippen LogP contribution in [0.25, 0.3) is 10.9 Å². The Morgan fingerprint density at radius 3 is 2.69 bits per heavy atom. The number of carbonyl (C=O) groups excluding carboxylic acids is 2. The van der Waals surface area contributed by atoms with Crippen LogP contribution >= 0.6 is 0 Å². The molecule has 184 valence electrons. The Bertz CT molecular complexity index is 1180. The highest BCUT2D eigenvalue weighted by Gasteiger charge is 2.31. The fourth-order valence-corrected chi connectivity index (χ4v) is 4.68. The molecule has 1 saturated heterocycles. The molecular formula is C27H32N4O4. The Kier molecular flexibility index (Phi) is 7.94. The van der Waals surface area contributed by atoms with Gasteiger partial charge in [0.15, 0.2) is 0 Å². The number of hydroxylamine groups is 1. The van der Waals surface area contributed by atoms with Gasteiger partial charge in [0.25, 0.3) is 5.91 Å². The number of nitrogens with one attached hydrogen (secondary N) is 2. The van der Waals surface area contributed by atoms with Crippen LogP contribution in [0.1, 0.15) is 41.4 Å². The summed E-state index contributed by atoms with van der Waals surface area (Å²) in [7, 11) is 0. The molecule has 0 spiro atoms. The fraction of sp³-hybridized carbons (Fsp3) is 0.370. The molecular weight excluding hydrogens is 444 g/mol. The third kappa shape index (κ3) is 6.15. The molecule has 3 N–H and O–H groups in total. The lowest BCUT2D eigenvalue weighted by Gasteiger charge is -2.38. The number of likely N-dealkylation sites (tertiary alicyclic amines) is 1. The van der Waals surface area contributed by atoms with Gasteiger partial charge in [0.2, 0.25) is 5.91 Å². The second-order valence-electron chi connectivity index (χ2n) is 9.01. The number of carbonyl (C=O) groups is 2. The van der Waals surface area contributed by atoms with Gasteiger partial charge in [-0.1, -0.05) is 25.1 Å². The lowest BCUT2D eigenvalue weighted by Crippen LogP contribution is -2.53. The van der Waals surface area contributed by atoms with Crippen molar-refractivity contribution in [2.24, 2.45) is 5.92 Å². The monoisotopic (exact) mass is 476 g/mol. The Morgan fingerprint density at radius 1 is 1.17 bits per heavy atom. The first-order valence-corrected chi connectivity index (χ1v) is 12.0. The molecule has 2 atom stereocenters. The molecule has 35 heavy (non-hydrogen) atoms. The summed E-state index contributed by atoms with van der Waals surface area (Å²) in [4.78, 5) is 31.5. The molecule has 2 amide bonds. The first-order chi connectivity index (χ1) is 17.0. The maximum absolute atomic E-state index is 13.0. The normalized spacial score (nSPS) is 18.3. The van der Waals surface area contributed by atoms with E-state index in [1.807, 2.05) is 37.3 Å². The number of rotatable bonds is 8. The number of likely N-dealkylation sites (N-methyl/N-ethyl adjacent to an activating group) is 1. The highest BCUT2D eigenvalue weighted by molar-refractivity contribution is 5.94. The van der Waals surface area contributed by atoms with E-state index in [-0.39, 0.29) is 24.3 Å². The maximum atomic E-state index is 13.0. The van der Waals surface area contributed by atoms with E-state index in [0.717, 1.165) is 41.7 Å². The summed E-state index contributed by atoms with van der Waals surface area (Å²) in [5.74, 6) is 0.0186. The van der Waals surface area contributed by atoms with Gasteiger partial charge in [-0.05, 0) is 68.8 Å². The summed E-state index contributed by atoms with van der Waals surface area (Å²) in [6.07, 6.45) is 0.955. The fourth-order valence-electron chi connectivity index (χ4n) is 4.68. The van der Waals surface area contributed by atoms with Crippen LogP contribution in [-0.2, 0) is 11.4 Å². The lowest BCUT2D eigenvalue weighted by atomic mass is 9.88. The third-order valence-corrected chi connectivity index (χ3v) is 6.62. The number of nitrogens with zero attached hydrogens (tertiary/aromatic N) is 2. The van der Waals surface area contributed by atoms with Crippen molar-refractivity contribution < 1.29 is 19.5 Å². The molecule has 1 aliphatic heterocycles. The average molecular weight is 477 g/mol. The summed E-state index contributed by atoms with van der Waals surface area (Å²) >= 11 is 0. The summed E-state index contributed by atoms with van der Waals surface area (Å²) in [5, 5.41) is 13.1. The topological polar surface area (TPSA) is 104 Å². The zero-order valence-electron chi connectivity index (χ0n) is 20.2. The van der Waals surface area contributed by atoms with Crippen molar-refractivity contribution in [3.8, 4) is 5.75 Å². The van der Waals surface area contributed by atoms with Crippen LogP contribution in [0.5, 0.6) is 5.75 Å². The Morgan fingerprint density at radius 2 is 1.94 bits per heavy atom. The number of para-hydroxylation sites is 1. The standard InChI is InChI=1S/C27H32N4O4/c1-3-31-13-12-20(15-26(32)30-34)25(16-31)29-27(33)19-8-10-22(11-9-19)35-17-21-14-18(2)28-24-7-5-4-6-23(21)24/h4-11,14,20,25,34H,3,12-13,15-17H2,1-2H3,(H,29,33)(H,30,32)/t20-,25+/m0/s1. The molecule has 3 aromatic rings. The number of hydrogen-bond donors (Lipinski definition) is 3. The van der Waals surface area contributed by atoms with Crippen molar-refractivity contribution in [2.75, 3.05) is 19.6 Å². The van der Waals surface area contributed by atoms with E-state index in [0.29, 0.717) is 24.5 Å². The van der Waals surface area contributed by atoms with Gasteiger partial charge in [0.05, 0.1) is 5.52 Å². The molecule has 2 aromatic carbocycles. The van der Waals surface area contributed by atoms with E-state index in [2.05, 4.69) is 22.1 Å². The first kappa shape index (κ1) is 24.6. The van der Waals surface area contributed by atoms with Gasteiger partial charge < -0.3 is 15.0 Å². The zero-order valence-corrected chi connectivity index (χ0v) is 20.2. The number of fused-ring (bicyclic) bond motifs is 1. The van der Waals surface area contributed by atoms with Gasteiger partial charge in [-0.15, -0.1) is 0 Å². The molecule has 0 unspecified atom stereocenters. The molecule has 2 heterocycles.